The van der Waals surface area contributed by atoms with Gasteiger partial charge in [-0.2, -0.15) is 0 Å². The number of aryl methyl sites for hydroxylation is 1. The number of nitrogens with zero attached hydrogens (tertiary/aromatic N) is 1. The van der Waals surface area contributed by atoms with E-state index >= 15 is 0 Å². The van der Waals surface area contributed by atoms with Crippen molar-refractivity contribution in [3.05, 3.63) is 48.3 Å². The molecule has 0 aliphatic carbocycles. The van der Waals surface area contributed by atoms with Gasteiger partial charge in [0, 0.05) is 29.1 Å². The quantitative estimate of drug-likeness (QED) is 0.935. The van der Waals surface area contributed by atoms with Gasteiger partial charge in [-0.15, -0.1) is 0 Å². The first-order valence-corrected chi connectivity index (χ1v) is 8.40. The molecule has 21 heavy (non-hydrogen) atoms. The number of hydrogen-bond acceptors (Lipinski definition) is 5. The average molecular weight is 322 g/mol. The van der Waals surface area contributed by atoms with Gasteiger partial charge < -0.3 is 0 Å². The Morgan fingerprint density at radius 1 is 1.29 bits per heavy atom. The van der Waals surface area contributed by atoms with Gasteiger partial charge in [-0.25, -0.2) is 13.1 Å². The third kappa shape index (κ3) is 4.05. The SMILES string of the molecule is CC(=O)NS(=O)(=O)c1cnccc1Sc1cccc(C)c1. The topological polar surface area (TPSA) is 76.1 Å². The van der Waals surface area contributed by atoms with Gasteiger partial charge >= 0.3 is 0 Å². The normalized spacial score (nSPS) is 11.1. The summed E-state index contributed by atoms with van der Waals surface area (Å²) < 4.78 is 26.2. The molecule has 0 saturated heterocycles. The highest BCUT2D eigenvalue weighted by atomic mass is 32.2. The van der Waals surface area contributed by atoms with E-state index in [9.17, 15) is 13.2 Å². The molecule has 1 aromatic carbocycles. The summed E-state index contributed by atoms with van der Waals surface area (Å²) in [6, 6.07) is 9.33. The number of amides is 1. The number of benzene rings is 1. The fourth-order valence-electron chi connectivity index (χ4n) is 1.70. The van der Waals surface area contributed by atoms with E-state index in [2.05, 4.69) is 4.98 Å². The standard InChI is InChI=1S/C14H14N2O3S2/c1-10-4-3-5-12(8-10)20-13-6-7-15-9-14(13)21(18,19)16-11(2)17/h3-9H,1-2H3,(H,16,17). The van der Waals surface area contributed by atoms with E-state index in [-0.39, 0.29) is 4.90 Å². The molecule has 0 spiro atoms. The summed E-state index contributed by atoms with van der Waals surface area (Å²) in [5, 5.41) is 0. The van der Waals surface area contributed by atoms with Crippen LogP contribution in [0.25, 0.3) is 0 Å². The minimum Gasteiger partial charge on any atom is -0.274 e. The molecule has 2 rings (SSSR count). The molecule has 110 valence electrons. The Bertz CT molecular complexity index is 773. The molecule has 1 amide bonds. The lowest BCUT2D eigenvalue weighted by atomic mass is 10.2. The predicted molar refractivity (Wildman–Crippen MR) is 80.5 cm³/mol. The molecule has 2 aromatic rings. The van der Waals surface area contributed by atoms with Crippen LogP contribution in [-0.4, -0.2) is 19.3 Å². The van der Waals surface area contributed by atoms with E-state index < -0.39 is 15.9 Å². The Hall–Kier alpha value is -1.86. The average Bonchev–Trinajstić information content (AvgIpc) is 2.37. The molecule has 0 aliphatic rings. The molecule has 1 heterocycles. The summed E-state index contributed by atoms with van der Waals surface area (Å²) in [7, 11) is -3.90. The molecular formula is C14H14N2O3S2. The van der Waals surface area contributed by atoms with Crippen molar-refractivity contribution in [2.45, 2.75) is 28.5 Å². The largest absolute Gasteiger partial charge is 0.274 e. The second-order valence-corrected chi connectivity index (χ2v) is 7.17. The van der Waals surface area contributed by atoms with Crippen molar-refractivity contribution in [2.24, 2.45) is 0 Å². The van der Waals surface area contributed by atoms with E-state index in [0.29, 0.717) is 4.90 Å². The summed E-state index contributed by atoms with van der Waals surface area (Å²) in [5.74, 6) is -0.634. The van der Waals surface area contributed by atoms with Crippen molar-refractivity contribution in [3.8, 4) is 0 Å². The van der Waals surface area contributed by atoms with Crippen molar-refractivity contribution in [3.63, 3.8) is 0 Å². The minimum absolute atomic E-state index is 0.00768. The molecule has 0 atom stereocenters. The van der Waals surface area contributed by atoms with Crippen LogP contribution in [0.1, 0.15) is 12.5 Å². The number of nitrogens with one attached hydrogen (secondary N) is 1. The molecule has 5 nitrogen and oxygen atoms in total. The number of pyridine rings is 1. The number of rotatable bonds is 4. The summed E-state index contributed by atoms with van der Waals surface area (Å²) in [6.07, 6.45) is 2.76. The van der Waals surface area contributed by atoms with Crippen LogP contribution in [0.4, 0.5) is 0 Å². The van der Waals surface area contributed by atoms with E-state index in [0.717, 1.165) is 17.4 Å². The molecule has 0 bridgehead atoms. The van der Waals surface area contributed by atoms with E-state index in [1.807, 2.05) is 35.9 Å². The summed E-state index contributed by atoms with van der Waals surface area (Å²) in [4.78, 5) is 16.3. The fraction of sp³-hybridized carbons (Fsp3) is 0.143. The van der Waals surface area contributed by atoms with Gasteiger partial charge in [0.2, 0.25) is 5.91 Å². The van der Waals surface area contributed by atoms with Gasteiger partial charge in [0.05, 0.1) is 0 Å². The Morgan fingerprint density at radius 3 is 2.71 bits per heavy atom. The molecule has 0 saturated carbocycles. The predicted octanol–water partition coefficient (Wildman–Crippen LogP) is 2.37. The van der Waals surface area contributed by atoms with E-state index in [1.165, 1.54) is 24.2 Å². The van der Waals surface area contributed by atoms with Gasteiger partial charge in [-0.05, 0) is 25.1 Å². The van der Waals surface area contributed by atoms with Crippen LogP contribution in [0.5, 0.6) is 0 Å². The third-order valence-corrected chi connectivity index (χ3v) is 5.19. The molecule has 0 radical (unpaired) electrons. The van der Waals surface area contributed by atoms with Gasteiger partial charge in [-0.3, -0.25) is 9.78 Å². The lowest BCUT2D eigenvalue weighted by molar-refractivity contribution is -0.117. The van der Waals surface area contributed by atoms with Crippen LogP contribution in [0, 0.1) is 6.92 Å². The summed E-state index contributed by atoms with van der Waals surface area (Å²) in [5.41, 5.74) is 1.08. The number of hydrogen-bond donors (Lipinski definition) is 1. The first-order chi connectivity index (χ1) is 9.88. The first-order valence-electron chi connectivity index (χ1n) is 6.10. The first kappa shape index (κ1) is 15.5. The van der Waals surface area contributed by atoms with Gasteiger partial charge in [0.25, 0.3) is 10.0 Å². The summed E-state index contributed by atoms with van der Waals surface area (Å²) >= 11 is 1.31. The maximum absolute atomic E-state index is 12.1. The van der Waals surface area contributed by atoms with Crippen molar-refractivity contribution in [1.82, 2.24) is 9.71 Å². The third-order valence-electron chi connectivity index (χ3n) is 2.53. The lowest BCUT2D eigenvalue weighted by Crippen LogP contribution is -2.28. The molecular weight excluding hydrogens is 308 g/mol. The van der Waals surface area contributed by atoms with Crippen LogP contribution < -0.4 is 4.72 Å². The zero-order valence-electron chi connectivity index (χ0n) is 11.5. The van der Waals surface area contributed by atoms with Crippen molar-refractivity contribution >= 4 is 27.7 Å². The smallest absolute Gasteiger partial charge is 0.266 e. The maximum Gasteiger partial charge on any atom is 0.266 e. The van der Waals surface area contributed by atoms with Crippen LogP contribution in [0.3, 0.4) is 0 Å². The number of carbonyl (C=O) groups is 1. The highest BCUT2D eigenvalue weighted by Gasteiger charge is 2.20. The van der Waals surface area contributed by atoms with Crippen molar-refractivity contribution in [1.29, 1.82) is 0 Å². The van der Waals surface area contributed by atoms with E-state index in [4.69, 9.17) is 0 Å². The number of aromatic nitrogens is 1. The second kappa shape index (κ2) is 6.28. The maximum atomic E-state index is 12.1. The number of sulfonamides is 1. The molecule has 0 unspecified atom stereocenters. The van der Waals surface area contributed by atoms with Crippen LogP contribution >= 0.6 is 11.8 Å². The molecule has 1 aromatic heterocycles. The van der Waals surface area contributed by atoms with Crippen LogP contribution in [0.2, 0.25) is 0 Å². The van der Waals surface area contributed by atoms with Crippen molar-refractivity contribution < 1.29 is 13.2 Å². The highest BCUT2D eigenvalue weighted by Crippen LogP contribution is 2.32. The van der Waals surface area contributed by atoms with Gasteiger partial charge in [0.15, 0.2) is 0 Å². The molecule has 1 N–H and O–H groups in total. The second-order valence-electron chi connectivity index (χ2n) is 4.40. The Kier molecular flexibility index (Phi) is 4.64. The zero-order valence-corrected chi connectivity index (χ0v) is 13.2. The van der Waals surface area contributed by atoms with Gasteiger partial charge in [-0.1, -0.05) is 29.5 Å². The molecule has 0 fully saturated rings. The Morgan fingerprint density at radius 2 is 2.05 bits per heavy atom. The highest BCUT2D eigenvalue weighted by molar-refractivity contribution is 8.00. The minimum atomic E-state index is -3.90. The monoisotopic (exact) mass is 322 g/mol. The van der Waals surface area contributed by atoms with E-state index in [1.54, 1.807) is 6.07 Å². The fourth-order valence-corrected chi connectivity index (χ4v) is 4.11. The van der Waals surface area contributed by atoms with Crippen LogP contribution in [0.15, 0.2) is 57.4 Å². The van der Waals surface area contributed by atoms with Crippen molar-refractivity contribution in [2.75, 3.05) is 0 Å². The van der Waals surface area contributed by atoms with Gasteiger partial charge in [0.1, 0.15) is 4.90 Å². The lowest BCUT2D eigenvalue weighted by Gasteiger charge is -2.10. The van der Waals surface area contributed by atoms with Crippen LogP contribution in [-0.2, 0) is 14.8 Å². The summed E-state index contributed by atoms with van der Waals surface area (Å²) in [6.45, 7) is 3.12. The Balaban J connectivity index is 2.40. The zero-order chi connectivity index (χ0) is 15.5. The molecule has 7 heteroatoms. The molecule has 0 aliphatic heterocycles. The Labute approximate surface area is 127 Å². The number of carbonyl (C=O) groups excluding carboxylic acids is 1.